The van der Waals surface area contributed by atoms with Gasteiger partial charge in [-0.05, 0) is 63.9 Å². The molecular weight excluding hydrogens is 474 g/mol. The van der Waals surface area contributed by atoms with Crippen molar-refractivity contribution in [2.75, 3.05) is 19.6 Å². The molecule has 0 spiro atoms. The monoisotopic (exact) mass is 503 g/mol. The number of rotatable bonds is 7. The number of pyridine rings is 2. The van der Waals surface area contributed by atoms with Crippen molar-refractivity contribution in [1.82, 2.24) is 29.8 Å². The van der Waals surface area contributed by atoms with E-state index in [-0.39, 0.29) is 11.4 Å². The third kappa shape index (κ3) is 4.38. The molecule has 0 aliphatic carbocycles. The van der Waals surface area contributed by atoms with Crippen molar-refractivity contribution in [3.05, 3.63) is 59.8 Å². The summed E-state index contributed by atoms with van der Waals surface area (Å²) >= 11 is 1.42. The molecule has 1 aliphatic heterocycles. The van der Waals surface area contributed by atoms with Crippen LogP contribution in [0.3, 0.4) is 0 Å². The van der Waals surface area contributed by atoms with Gasteiger partial charge in [0.1, 0.15) is 4.83 Å². The lowest BCUT2D eigenvalue weighted by Gasteiger charge is -2.31. The lowest BCUT2D eigenvalue weighted by Crippen LogP contribution is -2.43. The fraction of sp³-hybridized carbons (Fsp3) is 0.346. The summed E-state index contributed by atoms with van der Waals surface area (Å²) in [6.45, 7) is 8.83. The zero-order valence-corrected chi connectivity index (χ0v) is 21.4. The Balaban J connectivity index is 1.49. The first-order valence-corrected chi connectivity index (χ1v) is 12.8. The van der Waals surface area contributed by atoms with E-state index in [1.165, 1.54) is 30.4 Å². The Morgan fingerprint density at radius 2 is 2.00 bits per heavy atom. The highest BCUT2D eigenvalue weighted by Crippen LogP contribution is 2.41. The highest BCUT2D eigenvalue weighted by atomic mass is 32.1. The summed E-state index contributed by atoms with van der Waals surface area (Å²) in [6.07, 6.45) is 8.87. The first kappa shape index (κ1) is 24.1. The topological polar surface area (TPSA) is 119 Å². The molecule has 2 amide bonds. The average Bonchev–Trinajstić information content (AvgIpc) is 3.53. The molecule has 10 heteroatoms. The molecular formula is C26H29N7O2S. The second-order valence-corrected chi connectivity index (χ2v) is 10.7. The van der Waals surface area contributed by atoms with Crippen molar-refractivity contribution >= 4 is 28.0 Å². The van der Waals surface area contributed by atoms with Gasteiger partial charge in [-0.1, -0.05) is 0 Å². The van der Waals surface area contributed by atoms with Crippen LogP contribution >= 0.6 is 11.3 Å². The number of carbonyl (C=O) groups excluding carboxylic acids is 2. The number of nitrogens with one attached hydrogen (secondary N) is 1. The number of aryl methyl sites for hydroxylation is 1. The summed E-state index contributed by atoms with van der Waals surface area (Å²) in [4.78, 5) is 37.7. The number of amides is 2. The normalized spacial score (nSPS) is 15.4. The van der Waals surface area contributed by atoms with E-state index in [2.05, 4.69) is 39.1 Å². The SMILES string of the molecule is Cc1ncc(C(=O)NCCN2CCCC2(C)C)cc1-c1c(-c2ccncc2)sc2c(C(N)=O)cnn12. The third-order valence-electron chi connectivity index (χ3n) is 6.90. The van der Waals surface area contributed by atoms with Crippen LogP contribution in [-0.2, 0) is 0 Å². The molecule has 0 radical (unpaired) electrons. The van der Waals surface area contributed by atoms with E-state index in [9.17, 15) is 9.59 Å². The molecule has 0 saturated carbocycles. The summed E-state index contributed by atoms with van der Waals surface area (Å²) in [5, 5.41) is 7.51. The predicted molar refractivity (Wildman–Crippen MR) is 140 cm³/mol. The summed E-state index contributed by atoms with van der Waals surface area (Å²) in [6, 6.07) is 5.64. The lowest BCUT2D eigenvalue weighted by atomic mass is 10.0. The molecule has 4 aromatic rings. The van der Waals surface area contributed by atoms with Crippen LogP contribution in [0, 0.1) is 6.92 Å². The van der Waals surface area contributed by atoms with Gasteiger partial charge in [0.05, 0.1) is 27.9 Å². The first-order chi connectivity index (χ1) is 17.3. The van der Waals surface area contributed by atoms with Crippen LogP contribution in [0.1, 0.15) is 53.1 Å². The molecule has 5 heterocycles. The van der Waals surface area contributed by atoms with Gasteiger partial charge in [-0.15, -0.1) is 11.3 Å². The van der Waals surface area contributed by atoms with Gasteiger partial charge in [-0.25, -0.2) is 4.52 Å². The number of nitrogens with zero attached hydrogens (tertiary/aromatic N) is 5. The van der Waals surface area contributed by atoms with Gasteiger partial charge < -0.3 is 11.1 Å². The summed E-state index contributed by atoms with van der Waals surface area (Å²) in [5.74, 6) is -0.709. The van der Waals surface area contributed by atoms with E-state index in [1.54, 1.807) is 23.1 Å². The van der Waals surface area contributed by atoms with Gasteiger partial charge in [0.25, 0.3) is 11.8 Å². The van der Waals surface area contributed by atoms with Crippen LogP contribution in [0.2, 0.25) is 0 Å². The number of primary amides is 1. The van der Waals surface area contributed by atoms with E-state index >= 15 is 0 Å². The van der Waals surface area contributed by atoms with Crippen molar-refractivity contribution < 1.29 is 9.59 Å². The number of thiazole rings is 1. The van der Waals surface area contributed by atoms with Crippen molar-refractivity contribution in [3.8, 4) is 21.7 Å². The molecule has 0 bridgehead atoms. The zero-order chi connectivity index (χ0) is 25.4. The van der Waals surface area contributed by atoms with Gasteiger partial charge in [0, 0.05) is 48.5 Å². The van der Waals surface area contributed by atoms with Crippen molar-refractivity contribution in [3.63, 3.8) is 0 Å². The number of aromatic nitrogens is 4. The van der Waals surface area contributed by atoms with E-state index in [1.807, 2.05) is 25.1 Å². The molecule has 3 N–H and O–H groups in total. The highest BCUT2D eigenvalue weighted by molar-refractivity contribution is 7.21. The van der Waals surface area contributed by atoms with Crippen LogP contribution in [-0.4, -0.2) is 61.5 Å². The van der Waals surface area contributed by atoms with Gasteiger partial charge in [-0.2, -0.15) is 5.10 Å². The van der Waals surface area contributed by atoms with E-state index in [0.717, 1.165) is 40.5 Å². The Bertz CT molecular complexity index is 1440. The zero-order valence-electron chi connectivity index (χ0n) is 20.6. The number of carbonyl (C=O) groups is 2. The maximum Gasteiger partial charge on any atom is 0.253 e. The Morgan fingerprint density at radius 1 is 1.22 bits per heavy atom. The van der Waals surface area contributed by atoms with Crippen LogP contribution in [0.25, 0.3) is 26.5 Å². The van der Waals surface area contributed by atoms with E-state index in [0.29, 0.717) is 22.5 Å². The largest absolute Gasteiger partial charge is 0.365 e. The quantitative estimate of drug-likeness (QED) is 0.398. The van der Waals surface area contributed by atoms with Crippen molar-refractivity contribution in [2.45, 2.75) is 39.2 Å². The molecule has 1 aliphatic rings. The van der Waals surface area contributed by atoms with Crippen LogP contribution in [0.5, 0.6) is 0 Å². The second kappa shape index (κ2) is 9.44. The van der Waals surface area contributed by atoms with Crippen LogP contribution < -0.4 is 11.1 Å². The fourth-order valence-corrected chi connectivity index (χ4v) is 6.05. The minimum atomic E-state index is -0.539. The molecule has 1 fully saturated rings. The first-order valence-electron chi connectivity index (χ1n) is 12.0. The number of hydrogen-bond acceptors (Lipinski definition) is 7. The third-order valence-corrected chi connectivity index (χ3v) is 8.12. The molecule has 0 aromatic carbocycles. The Hall–Kier alpha value is -3.63. The minimum absolute atomic E-state index is 0.170. The number of likely N-dealkylation sites (tertiary alicyclic amines) is 1. The van der Waals surface area contributed by atoms with E-state index < -0.39 is 5.91 Å². The number of fused-ring (bicyclic) bond motifs is 1. The lowest BCUT2D eigenvalue weighted by molar-refractivity contribution is 0.0939. The molecule has 0 unspecified atom stereocenters. The standard InChI is InChI=1S/C26H29N7O2S/c1-16-19(13-18(14-30-16)24(35)29-10-12-32-11-4-7-26(32,2)3)21-22(17-5-8-28-9-6-17)36-25-20(23(27)34)15-31-33(21)25/h5-6,8-9,13-15H,4,7,10-12H2,1-3H3,(H2,27,34)(H,29,35). The Labute approximate surface area is 213 Å². The minimum Gasteiger partial charge on any atom is -0.365 e. The maximum atomic E-state index is 13.1. The van der Waals surface area contributed by atoms with Crippen molar-refractivity contribution in [1.29, 1.82) is 0 Å². The number of hydrogen-bond donors (Lipinski definition) is 2. The fourth-order valence-electron chi connectivity index (χ4n) is 4.82. The Morgan fingerprint density at radius 3 is 2.69 bits per heavy atom. The summed E-state index contributed by atoms with van der Waals surface area (Å²) in [5.41, 5.74) is 9.79. The average molecular weight is 504 g/mol. The molecule has 1 saturated heterocycles. The molecule has 5 rings (SSSR count). The van der Waals surface area contributed by atoms with Gasteiger partial charge in [0.15, 0.2) is 0 Å². The van der Waals surface area contributed by atoms with Gasteiger partial charge >= 0.3 is 0 Å². The van der Waals surface area contributed by atoms with Gasteiger partial charge in [-0.3, -0.25) is 24.5 Å². The molecule has 36 heavy (non-hydrogen) atoms. The molecule has 9 nitrogen and oxygen atoms in total. The molecule has 186 valence electrons. The Kier molecular flexibility index (Phi) is 6.31. The van der Waals surface area contributed by atoms with Crippen molar-refractivity contribution in [2.24, 2.45) is 5.73 Å². The van der Waals surface area contributed by atoms with E-state index in [4.69, 9.17) is 5.73 Å². The van der Waals surface area contributed by atoms with Crippen LogP contribution in [0.15, 0.2) is 43.0 Å². The highest BCUT2D eigenvalue weighted by Gasteiger charge is 2.31. The second-order valence-electron chi connectivity index (χ2n) is 9.67. The predicted octanol–water partition coefficient (Wildman–Crippen LogP) is 3.53. The maximum absolute atomic E-state index is 13.1. The molecule has 0 atom stereocenters. The smallest absolute Gasteiger partial charge is 0.253 e. The van der Waals surface area contributed by atoms with Gasteiger partial charge in [0.2, 0.25) is 0 Å². The van der Waals surface area contributed by atoms with Crippen LogP contribution in [0.4, 0.5) is 0 Å². The number of nitrogens with two attached hydrogens (primary N) is 1. The summed E-state index contributed by atoms with van der Waals surface area (Å²) in [7, 11) is 0. The molecule has 4 aromatic heterocycles. The summed E-state index contributed by atoms with van der Waals surface area (Å²) < 4.78 is 1.71.